The maximum atomic E-state index is 4.88. The molecule has 16 rings (SSSR count). The molecule has 13 aromatic carbocycles. The Morgan fingerprint density at radius 3 is 1.28 bits per heavy atom. The molecule has 2 heteroatoms. The second-order valence-corrected chi connectivity index (χ2v) is 20.1. The first-order valence-electron chi connectivity index (χ1n) is 25.9. The molecule has 2 heterocycles. The van der Waals surface area contributed by atoms with Gasteiger partial charge in [-0.05, 0) is 145 Å². The van der Waals surface area contributed by atoms with Gasteiger partial charge in [-0.15, -0.1) is 0 Å². The topological polar surface area (TPSA) is 17.8 Å². The smallest absolute Gasteiger partial charge is 0.0723 e. The highest BCUT2D eigenvalue weighted by Gasteiger charge is 2.31. The maximum absolute atomic E-state index is 4.88. The lowest BCUT2D eigenvalue weighted by Gasteiger charge is -2.21. The zero-order valence-electron chi connectivity index (χ0n) is 40.8. The third-order valence-electron chi connectivity index (χ3n) is 16.2. The van der Waals surface area contributed by atoms with Crippen molar-refractivity contribution in [3.8, 4) is 83.6 Å². The average molecular weight is 949 g/mol. The minimum atomic E-state index is 0.995. The molecule has 2 nitrogen and oxygen atoms in total. The number of hydrogen-bond donors (Lipinski definition) is 0. The van der Waals surface area contributed by atoms with E-state index < -0.39 is 0 Å². The van der Waals surface area contributed by atoms with Gasteiger partial charge < -0.3 is 4.57 Å². The van der Waals surface area contributed by atoms with Gasteiger partial charge in [-0.3, -0.25) is 4.98 Å². The highest BCUT2D eigenvalue weighted by Crippen LogP contribution is 2.59. The van der Waals surface area contributed by atoms with E-state index in [0.29, 0.717) is 0 Å². The summed E-state index contributed by atoms with van der Waals surface area (Å²) < 4.78 is 2.42. The highest BCUT2D eigenvalue weighted by molar-refractivity contribution is 6.29. The molecule has 0 amide bonds. The molecule has 0 unspecified atom stereocenters. The van der Waals surface area contributed by atoms with Crippen LogP contribution in [-0.4, -0.2) is 9.55 Å². The van der Waals surface area contributed by atoms with Gasteiger partial charge in [-0.25, -0.2) is 0 Å². The molecule has 0 aliphatic heterocycles. The number of pyridine rings is 1. The van der Waals surface area contributed by atoms with Crippen molar-refractivity contribution in [2.75, 3.05) is 0 Å². The van der Waals surface area contributed by atoms with Gasteiger partial charge >= 0.3 is 0 Å². The van der Waals surface area contributed by atoms with Crippen LogP contribution < -0.4 is 0 Å². The van der Waals surface area contributed by atoms with Gasteiger partial charge in [0.25, 0.3) is 0 Å². The Labute approximate surface area is 433 Å². The van der Waals surface area contributed by atoms with Gasteiger partial charge in [0.05, 0.1) is 16.6 Å². The third kappa shape index (κ3) is 6.24. The number of rotatable bonds is 6. The van der Waals surface area contributed by atoms with E-state index in [1.165, 1.54) is 137 Å². The summed E-state index contributed by atoms with van der Waals surface area (Å²) in [7, 11) is 0. The van der Waals surface area contributed by atoms with Crippen LogP contribution in [-0.2, 0) is 0 Å². The van der Waals surface area contributed by atoms with Crippen molar-refractivity contribution in [3.05, 3.63) is 267 Å². The lowest BCUT2D eigenvalue weighted by Crippen LogP contribution is -1.95. The molecule has 1 aliphatic carbocycles. The predicted molar refractivity (Wildman–Crippen MR) is 318 cm³/mol. The fraction of sp³-hybridized carbons (Fsp3) is 0. The molecule has 0 saturated heterocycles. The van der Waals surface area contributed by atoms with E-state index in [9.17, 15) is 0 Å². The SMILES string of the molecule is c1ccc2c(-c3ccc(-c4c5c(c(-c6ccc(-c7cccc8ccccc78)cc6)c6ccccc46)-c4ccc(-c6ccc(-n7c8ccccc8c8cnc9ccccc9c87)cc6)c6cccc-5c46)cc3)cccc2c1. The lowest BCUT2D eigenvalue weighted by molar-refractivity contribution is 1.18. The summed E-state index contributed by atoms with van der Waals surface area (Å²) >= 11 is 0. The Morgan fingerprint density at radius 2 is 0.667 bits per heavy atom. The van der Waals surface area contributed by atoms with E-state index in [0.717, 1.165) is 22.0 Å². The first-order valence-corrected chi connectivity index (χ1v) is 25.9. The van der Waals surface area contributed by atoms with Gasteiger partial charge in [-0.1, -0.05) is 237 Å². The molecule has 346 valence electrons. The van der Waals surface area contributed by atoms with E-state index in [2.05, 4.69) is 265 Å². The van der Waals surface area contributed by atoms with Gasteiger partial charge in [0.2, 0.25) is 0 Å². The molecule has 0 spiro atoms. The molecule has 0 saturated carbocycles. The van der Waals surface area contributed by atoms with Crippen LogP contribution in [0, 0.1) is 0 Å². The molecule has 0 N–H and O–H groups in total. The summed E-state index contributed by atoms with van der Waals surface area (Å²) in [5, 5.41) is 13.6. The van der Waals surface area contributed by atoms with Gasteiger partial charge in [0.15, 0.2) is 0 Å². The van der Waals surface area contributed by atoms with E-state index in [-0.39, 0.29) is 0 Å². The van der Waals surface area contributed by atoms with Crippen molar-refractivity contribution in [3.63, 3.8) is 0 Å². The number of para-hydroxylation sites is 2. The van der Waals surface area contributed by atoms with E-state index in [1.807, 2.05) is 6.20 Å². The van der Waals surface area contributed by atoms with Crippen molar-refractivity contribution in [1.29, 1.82) is 0 Å². The quantitative estimate of drug-likeness (QED) is 0.162. The largest absolute Gasteiger partial charge is 0.309 e. The second kappa shape index (κ2) is 16.3. The van der Waals surface area contributed by atoms with Crippen molar-refractivity contribution in [1.82, 2.24) is 9.55 Å². The van der Waals surface area contributed by atoms with Gasteiger partial charge in [-0.2, -0.15) is 0 Å². The standard InChI is InChI=1S/C73H44N2/c1-3-18-53-45(14-1)16-11-24-55(53)47-30-34-50(35-31-47)68-60-21-5-6-22-61(60)69(51-36-32-48(33-37-51)56-25-12-17-46-15-2-4-19-54(46)56)72-64-43-42-57(59-26-13-27-63(70(59)64)71(68)72)49-38-40-52(41-39-49)75-67-29-10-8-20-58(67)65-44-74-66-28-9-7-23-62(66)73(65)75/h1-44H. The zero-order valence-corrected chi connectivity index (χ0v) is 40.8. The van der Waals surface area contributed by atoms with Crippen molar-refractivity contribution < 1.29 is 0 Å². The Balaban J connectivity index is 0.896. The van der Waals surface area contributed by atoms with Crippen molar-refractivity contribution in [2.24, 2.45) is 0 Å². The number of aromatic nitrogens is 2. The van der Waals surface area contributed by atoms with Crippen molar-refractivity contribution in [2.45, 2.75) is 0 Å². The molecule has 2 aromatic heterocycles. The normalized spacial score (nSPS) is 12.0. The predicted octanol–water partition coefficient (Wildman–Crippen LogP) is 19.9. The monoisotopic (exact) mass is 948 g/mol. The molecule has 15 aromatic rings. The fourth-order valence-corrected chi connectivity index (χ4v) is 12.9. The van der Waals surface area contributed by atoms with Crippen LogP contribution in [0.25, 0.3) is 159 Å². The maximum Gasteiger partial charge on any atom is 0.0723 e. The summed E-state index contributed by atoms with van der Waals surface area (Å²) in [6, 6.07) is 96.5. The minimum Gasteiger partial charge on any atom is -0.309 e. The summed E-state index contributed by atoms with van der Waals surface area (Å²) in [4.78, 5) is 4.88. The number of fused-ring (bicyclic) bond motifs is 11. The third-order valence-corrected chi connectivity index (χ3v) is 16.2. The Hall–Kier alpha value is -9.89. The molecule has 0 radical (unpaired) electrons. The molecule has 0 fully saturated rings. The number of benzene rings is 13. The fourth-order valence-electron chi connectivity index (χ4n) is 12.9. The van der Waals surface area contributed by atoms with Crippen LogP contribution in [0.15, 0.2) is 267 Å². The van der Waals surface area contributed by atoms with Crippen LogP contribution in [0.5, 0.6) is 0 Å². The molecule has 1 aliphatic rings. The van der Waals surface area contributed by atoms with Crippen LogP contribution in [0.3, 0.4) is 0 Å². The van der Waals surface area contributed by atoms with Gasteiger partial charge in [0.1, 0.15) is 0 Å². The van der Waals surface area contributed by atoms with E-state index in [1.54, 1.807) is 0 Å². The summed E-state index contributed by atoms with van der Waals surface area (Å²) in [6.07, 6.45) is 2.04. The summed E-state index contributed by atoms with van der Waals surface area (Å²) in [6.45, 7) is 0. The second-order valence-electron chi connectivity index (χ2n) is 20.1. The Morgan fingerprint density at radius 1 is 0.253 bits per heavy atom. The van der Waals surface area contributed by atoms with Gasteiger partial charge in [0, 0.05) is 28.0 Å². The van der Waals surface area contributed by atoms with E-state index in [4.69, 9.17) is 4.98 Å². The Bertz CT molecular complexity index is 4660. The highest BCUT2D eigenvalue weighted by atomic mass is 15.0. The molecular weight excluding hydrogens is 905 g/mol. The molecular formula is C73H44N2. The minimum absolute atomic E-state index is 0.995. The first-order chi connectivity index (χ1) is 37.2. The van der Waals surface area contributed by atoms with Crippen molar-refractivity contribution >= 4 is 75.8 Å². The summed E-state index contributed by atoms with van der Waals surface area (Å²) in [5.74, 6) is 0. The number of nitrogens with zero attached hydrogens (tertiary/aromatic N) is 2. The average Bonchev–Trinajstić information content (AvgIpc) is 4.11. The van der Waals surface area contributed by atoms with Crippen LogP contribution in [0.4, 0.5) is 0 Å². The van der Waals surface area contributed by atoms with Crippen LogP contribution >= 0.6 is 0 Å². The first kappa shape index (κ1) is 41.7. The lowest BCUT2D eigenvalue weighted by atomic mass is 9.82. The Kier molecular flexibility index (Phi) is 9.07. The molecule has 0 bridgehead atoms. The molecule has 0 atom stereocenters. The molecule has 75 heavy (non-hydrogen) atoms. The number of hydrogen-bond acceptors (Lipinski definition) is 1. The zero-order chi connectivity index (χ0) is 49.1. The summed E-state index contributed by atoms with van der Waals surface area (Å²) in [5.41, 5.74) is 21.9. The van der Waals surface area contributed by atoms with Crippen LogP contribution in [0.1, 0.15) is 0 Å². The van der Waals surface area contributed by atoms with Crippen LogP contribution in [0.2, 0.25) is 0 Å². The van der Waals surface area contributed by atoms with E-state index >= 15 is 0 Å².